The van der Waals surface area contributed by atoms with Crippen molar-refractivity contribution in [2.24, 2.45) is 0 Å². The third-order valence-corrected chi connectivity index (χ3v) is 5.48. The van der Waals surface area contributed by atoms with E-state index in [9.17, 15) is 17.6 Å². The highest BCUT2D eigenvalue weighted by Gasteiger charge is 2.24. The zero-order valence-corrected chi connectivity index (χ0v) is 13.4. The molecule has 0 atom stereocenters. The minimum atomic E-state index is -4.16. The maximum atomic E-state index is 13.7. The lowest BCUT2D eigenvalue weighted by molar-refractivity contribution is 0.0317. The van der Waals surface area contributed by atoms with E-state index in [0.29, 0.717) is 0 Å². The van der Waals surface area contributed by atoms with Gasteiger partial charge in [0.05, 0.1) is 10.0 Å². The molecule has 0 saturated heterocycles. The highest BCUT2D eigenvalue weighted by atomic mass is 79.9. The van der Waals surface area contributed by atoms with Gasteiger partial charge in [0.1, 0.15) is 16.8 Å². The summed E-state index contributed by atoms with van der Waals surface area (Å²) >= 11 is 2.80. The number of esters is 1. The predicted molar refractivity (Wildman–Crippen MR) is 74.8 cm³/mol. The Labute approximate surface area is 128 Å². The summed E-state index contributed by atoms with van der Waals surface area (Å²) in [6.07, 6.45) is 3.31. The van der Waals surface area contributed by atoms with Crippen molar-refractivity contribution in [2.45, 2.75) is 36.7 Å². The molecule has 20 heavy (non-hydrogen) atoms. The molecule has 4 nitrogen and oxygen atoms in total. The smallest absolute Gasteiger partial charge is 0.338 e. The fraction of sp³-hybridized carbons (Fsp3) is 0.417. The molecule has 0 unspecified atom stereocenters. The van der Waals surface area contributed by atoms with Crippen LogP contribution in [0.1, 0.15) is 36.0 Å². The Balaban J connectivity index is 2.32. The molecule has 0 N–H and O–H groups in total. The molecule has 0 radical (unpaired) electrons. The minimum absolute atomic E-state index is 0.170. The molecule has 0 spiro atoms. The number of halogens is 3. The first-order chi connectivity index (χ1) is 9.29. The van der Waals surface area contributed by atoms with Crippen molar-refractivity contribution in [2.75, 3.05) is 0 Å². The molecule has 2 rings (SSSR count). The number of hydrogen-bond acceptors (Lipinski definition) is 4. The van der Waals surface area contributed by atoms with Gasteiger partial charge in [-0.1, -0.05) is 0 Å². The molecule has 110 valence electrons. The topological polar surface area (TPSA) is 60.4 Å². The lowest BCUT2D eigenvalue weighted by Crippen LogP contribution is -2.15. The van der Waals surface area contributed by atoms with E-state index in [1.54, 1.807) is 0 Å². The lowest BCUT2D eigenvalue weighted by Gasteiger charge is -2.12. The Bertz CT molecular complexity index is 641. The molecular weight excluding hydrogens is 375 g/mol. The van der Waals surface area contributed by atoms with Crippen molar-refractivity contribution in [3.05, 3.63) is 28.0 Å². The number of carbonyl (C=O) groups is 1. The highest BCUT2D eigenvalue weighted by Crippen LogP contribution is 2.30. The number of benzene rings is 1. The summed E-state index contributed by atoms with van der Waals surface area (Å²) in [5, 5.41) is 0. The van der Waals surface area contributed by atoms with Gasteiger partial charge in [-0.05, 0) is 53.7 Å². The van der Waals surface area contributed by atoms with Crippen LogP contribution >= 0.6 is 26.6 Å². The maximum absolute atomic E-state index is 13.7. The molecule has 0 heterocycles. The quantitative estimate of drug-likeness (QED) is 0.589. The maximum Gasteiger partial charge on any atom is 0.338 e. The van der Waals surface area contributed by atoms with Crippen LogP contribution in [0.25, 0.3) is 0 Å². The van der Waals surface area contributed by atoms with E-state index in [0.717, 1.165) is 37.8 Å². The Kier molecular flexibility index (Phi) is 4.71. The normalized spacial score (nSPS) is 16.4. The first kappa shape index (κ1) is 15.7. The van der Waals surface area contributed by atoms with Crippen LogP contribution in [-0.4, -0.2) is 20.5 Å². The standard InChI is InChI=1S/C12H11BrClFO4S/c13-11-9(15)5-7(6-10(11)20(14,17)18)12(16)19-8-3-1-2-4-8/h5-6,8H,1-4H2. The van der Waals surface area contributed by atoms with E-state index >= 15 is 0 Å². The van der Waals surface area contributed by atoms with Gasteiger partial charge in [-0.2, -0.15) is 0 Å². The molecule has 1 fully saturated rings. The summed E-state index contributed by atoms with van der Waals surface area (Å²) in [5.74, 6) is -1.63. The summed E-state index contributed by atoms with van der Waals surface area (Å²) < 4.78 is 41.3. The van der Waals surface area contributed by atoms with E-state index in [1.807, 2.05) is 0 Å². The van der Waals surface area contributed by atoms with Gasteiger partial charge in [-0.3, -0.25) is 0 Å². The Morgan fingerprint density at radius 3 is 2.50 bits per heavy atom. The summed E-state index contributed by atoms with van der Waals surface area (Å²) in [6.45, 7) is 0. The molecule has 0 aliphatic heterocycles. The lowest BCUT2D eigenvalue weighted by atomic mass is 10.2. The fourth-order valence-electron chi connectivity index (χ4n) is 2.08. The highest BCUT2D eigenvalue weighted by molar-refractivity contribution is 9.10. The van der Waals surface area contributed by atoms with Crippen molar-refractivity contribution in [1.29, 1.82) is 0 Å². The molecular formula is C12H11BrClFO4S. The Morgan fingerprint density at radius 2 is 1.95 bits per heavy atom. The van der Waals surface area contributed by atoms with Gasteiger partial charge < -0.3 is 4.74 Å². The van der Waals surface area contributed by atoms with Crippen LogP contribution in [0.4, 0.5) is 4.39 Å². The van der Waals surface area contributed by atoms with E-state index < -0.39 is 25.7 Å². The van der Waals surface area contributed by atoms with Crippen molar-refractivity contribution in [3.8, 4) is 0 Å². The third kappa shape index (κ3) is 3.51. The van der Waals surface area contributed by atoms with Crippen LogP contribution < -0.4 is 0 Å². The molecule has 1 aliphatic carbocycles. The monoisotopic (exact) mass is 384 g/mol. The summed E-state index contributed by atoms with van der Waals surface area (Å²) in [7, 11) is 1.04. The van der Waals surface area contributed by atoms with Gasteiger partial charge in [0.2, 0.25) is 0 Å². The number of rotatable bonds is 3. The molecule has 0 aromatic heterocycles. The molecule has 0 bridgehead atoms. The van der Waals surface area contributed by atoms with Crippen LogP contribution in [0.2, 0.25) is 0 Å². The van der Waals surface area contributed by atoms with Crippen molar-refractivity contribution < 1.29 is 22.3 Å². The van der Waals surface area contributed by atoms with Gasteiger partial charge in [0.25, 0.3) is 9.05 Å². The zero-order valence-electron chi connectivity index (χ0n) is 10.2. The molecule has 0 amide bonds. The summed E-state index contributed by atoms with van der Waals surface area (Å²) in [5.41, 5.74) is -0.170. The van der Waals surface area contributed by atoms with E-state index in [4.69, 9.17) is 15.4 Å². The SMILES string of the molecule is O=C(OC1CCCC1)c1cc(F)c(Br)c(S(=O)(=O)Cl)c1. The third-order valence-electron chi connectivity index (χ3n) is 3.07. The number of hydrogen-bond donors (Lipinski definition) is 0. The van der Waals surface area contributed by atoms with Crippen LogP contribution in [0, 0.1) is 5.82 Å². The van der Waals surface area contributed by atoms with Gasteiger partial charge in [-0.15, -0.1) is 0 Å². The number of carbonyl (C=O) groups excluding carboxylic acids is 1. The largest absolute Gasteiger partial charge is 0.459 e. The Hall–Kier alpha value is -0.660. The second kappa shape index (κ2) is 5.99. The summed E-state index contributed by atoms with van der Waals surface area (Å²) in [6, 6.07) is 1.93. The van der Waals surface area contributed by atoms with Gasteiger partial charge in [0, 0.05) is 10.7 Å². The van der Waals surface area contributed by atoms with Crippen molar-refractivity contribution in [3.63, 3.8) is 0 Å². The second-order valence-corrected chi connectivity index (χ2v) is 7.85. The van der Waals surface area contributed by atoms with Crippen LogP contribution in [0.5, 0.6) is 0 Å². The second-order valence-electron chi connectivity index (χ2n) is 4.52. The predicted octanol–water partition coefficient (Wildman–Crippen LogP) is 3.62. The van der Waals surface area contributed by atoms with Gasteiger partial charge in [-0.25, -0.2) is 17.6 Å². The first-order valence-electron chi connectivity index (χ1n) is 5.93. The van der Waals surface area contributed by atoms with Gasteiger partial charge in [0.15, 0.2) is 0 Å². The van der Waals surface area contributed by atoms with E-state index in [1.165, 1.54) is 0 Å². The van der Waals surface area contributed by atoms with E-state index in [-0.39, 0.29) is 16.1 Å². The van der Waals surface area contributed by atoms with Crippen molar-refractivity contribution >= 4 is 41.6 Å². The average molecular weight is 386 g/mol. The van der Waals surface area contributed by atoms with Crippen LogP contribution in [0.3, 0.4) is 0 Å². The molecule has 8 heteroatoms. The van der Waals surface area contributed by atoms with Crippen LogP contribution in [0.15, 0.2) is 21.5 Å². The molecule has 1 aliphatic rings. The minimum Gasteiger partial charge on any atom is -0.459 e. The Morgan fingerprint density at radius 1 is 1.35 bits per heavy atom. The molecule has 1 aromatic carbocycles. The zero-order chi connectivity index (χ0) is 14.9. The molecule has 1 aromatic rings. The van der Waals surface area contributed by atoms with Crippen molar-refractivity contribution in [1.82, 2.24) is 0 Å². The first-order valence-corrected chi connectivity index (χ1v) is 9.04. The average Bonchev–Trinajstić information content (AvgIpc) is 2.83. The summed E-state index contributed by atoms with van der Waals surface area (Å²) in [4.78, 5) is 11.4. The molecule has 1 saturated carbocycles. The van der Waals surface area contributed by atoms with Crippen LogP contribution in [-0.2, 0) is 13.8 Å². The fourth-order valence-corrected chi connectivity index (χ4v) is 4.18. The van der Waals surface area contributed by atoms with E-state index in [2.05, 4.69) is 15.9 Å². The number of ether oxygens (including phenoxy) is 1. The van der Waals surface area contributed by atoms with Gasteiger partial charge >= 0.3 is 5.97 Å².